The van der Waals surface area contributed by atoms with Gasteiger partial charge in [-0.2, -0.15) is 0 Å². The zero-order valence-electron chi connectivity index (χ0n) is 12.7. The zero-order chi connectivity index (χ0) is 16.0. The van der Waals surface area contributed by atoms with Crippen molar-refractivity contribution in [1.29, 1.82) is 0 Å². The minimum atomic E-state index is -3.85. The van der Waals surface area contributed by atoms with E-state index in [1.807, 2.05) is 6.92 Å². The van der Waals surface area contributed by atoms with Gasteiger partial charge in [-0.15, -0.1) is 0 Å². The topological polar surface area (TPSA) is 54.5 Å². The number of rotatable bonds is 2. The largest absolute Gasteiger partial charge is 0.338 e. The van der Waals surface area contributed by atoms with Crippen molar-refractivity contribution >= 4 is 25.6 Å². The molecular weight excluding hydrogens is 310 g/mol. The summed E-state index contributed by atoms with van der Waals surface area (Å²) in [4.78, 5) is 14.4. The first-order valence-corrected chi connectivity index (χ1v) is 9.17. The average molecular weight is 330 g/mol. The Hall–Kier alpha value is -1.07. The van der Waals surface area contributed by atoms with Gasteiger partial charge in [0.15, 0.2) is 0 Å². The van der Waals surface area contributed by atoms with Crippen molar-refractivity contribution in [2.75, 3.05) is 13.1 Å². The third-order valence-electron chi connectivity index (χ3n) is 3.98. The number of carbonyl (C=O) groups excluding carboxylic acids is 1. The quantitative estimate of drug-likeness (QED) is 0.783. The van der Waals surface area contributed by atoms with Gasteiger partial charge >= 0.3 is 0 Å². The van der Waals surface area contributed by atoms with E-state index in [0.717, 1.165) is 12.0 Å². The van der Waals surface area contributed by atoms with Gasteiger partial charge in [0, 0.05) is 29.3 Å². The van der Waals surface area contributed by atoms with Crippen LogP contribution in [0.2, 0.25) is 0 Å². The van der Waals surface area contributed by atoms with E-state index < -0.39 is 9.05 Å². The molecule has 0 aliphatic carbocycles. The molecular formula is C15H20ClNO3S. The third-order valence-corrected chi connectivity index (χ3v) is 5.44. The smallest absolute Gasteiger partial charge is 0.261 e. The van der Waals surface area contributed by atoms with Gasteiger partial charge in [-0.25, -0.2) is 8.42 Å². The predicted octanol–water partition coefficient (Wildman–Crippen LogP) is 3.10. The molecule has 0 saturated carbocycles. The van der Waals surface area contributed by atoms with Crippen LogP contribution in [0, 0.1) is 19.3 Å². The highest BCUT2D eigenvalue weighted by molar-refractivity contribution is 8.13. The van der Waals surface area contributed by atoms with Crippen molar-refractivity contribution < 1.29 is 13.2 Å². The van der Waals surface area contributed by atoms with Crippen LogP contribution in [0.25, 0.3) is 0 Å². The summed E-state index contributed by atoms with van der Waals surface area (Å²) < 4.78 is 23.2. The number of aryl methyl sites for hydroxylation is 2. The Bertz CT molecular complexity index is 695. The molecule has 2 rings (SSSR count). The van der Waals surface area contributed by atoms with Crippen LogP contribution in [0.3, 0.4) is 0 Å². The van der Waals surface area contributed by atoms with Gasteiger partial charge in [-0.05, 0) is 42.9 Å². The minimum absolute atomic E-state index is 0.0107. The predicted molar refractivity (Wildman–Crippen MR) is 83.3 cm³/mol. The molecule has 0 N–H and O–H groups in total. The molecule has 1 aromatic carbocycles. The van der Waals surface area contributed by atoms with Gasteiger partial charge in [-0.1, -0.05) is 19.9 Å². The lowest BCUT2D eigenvalue weighted by atomic mass is 9.93. The number of benzene rings is 1. The number of nitrogens with zero attached hydrogens (tertiary/aromatic N) is 1. The fraction of sp³-hybridized carbons (Fsp3) is 0.533. The first kappa shape index (κ1) is 16.3. The number of amides is 1. The summed E-state index contributed by atoms with van der Waals surface area (Å²) in [6.45, 7) is 9.11. The van der Waals surface area contributed by atoms with Crippen LogP contribution in [0.15, 0.2) is 17.0 Å². The molecule has 21 heavy (non-hydrogen) atoms. The number of hydrogen-bond acceptors (Lipinski definition) is 3. The molecule has 1 saturated heterocycles. The van der Waals surface area contributed by atoms with E-state index in [0.29, 0.717) is 24.2 Å². The standard InChI is InChI=1S/C15H20ClNO3S/c1-10-7-11(2)13(21(16,19)20)8-12(10)14(18)17-6-5-15(3,4)9-17/h7-8H,5-6,9H2,1-4H3. The number of halogens is 1. The van der Waals surface area contributed by atoms with E-state index in [1.165, 1.54) is 6.07 Å². The van der Waals surface area contributed by atoms with E-state index in [-0.39, 0.29) is 16.2 Å². The van der Waals surface area contributed by atoms with Gasteiger partial charge in [0.1, 0.15) is 0 Å². The Balaban J connectivity index is 2.43. The summed E-state index contributed by atoms with van der Waals surface area (Å²) in [5.74, 6) is -0.125. The Morgan fingerprint density at radius 3 is 2.33 bits per heavy atom. The molecule has 1 aliphatic rings. The van der Waals surface area contributed by atoms with Crippen LogP contribution >= 0.6 is 10.7 Å². The number of carbonyl (C=O) groups is 1. The summed E-state index contributed by atoms with van der Waals surface area (Å²) >= 11 is 0. The SMILES string of the molecule is Cc1cc(C)c(S(=O)(=O)Cl)cc1C(=O)N1CCC(C)(C)C1. The van der Waals surface area contributed by atoms with Crippen molar-refractivity contribution in [2.45, 2.75) is 39.0 Å². The van der Waals surface area contributed by atoms with Crippen LogP contribution < -0.4 is 0 Å². The second-order valence-electron chi connectivity index (χ2n) is 6.51. The molecule has 0 atom stereocenters. The van der Waals surface area contributed by atoms with Crippen LogP contribution in [0.4, 0.5) is 0 Å². The van der Waals surface area contributed by atoms with Gasteiger partial charge in [0.25, 0.3) is 15.0 Å². The molecule has 1 aliphatic heterocycles. The van der Waals surface area contributed by atoms with Gasteiger partial charge in [0.2, 0.25) is 0 Å². The maximum absolute atomic E-state index is 12.6. The molecule has 0 spiro atoms. The van der Waals surface area contributed by atoms with Gasteiger partial charge in [-0.3, -0.25) is 4.79 Å². The Morgan fingerprint density at radius 2 is 1.86 bits per heavy atom. The van der Waals surface area contributed by atoms with Gasteiger partial charge in [0.05, 0.1) is 4.90 Å². The van der Waals surface area contributed by atoms with E-state index in [1.54, 1.807) is 17.9 Å². The third kappa shape index (κ3) is 3.40. The molecule has 1 aromatic rings. The highest BCUT2D eigenvalue weighted by Gasteiger charge is 2.33. The molecule has 0 radical (unpaired) electrons. The summed E-state index contributed by atoms with van der Waals surface area (Å²) in [5, 5.41) is 0. The molecule has 0 bridgehead atoms. The molecule has 0 aromatic heterocycles. The van der Waals surface area contributed by atoms with Crippen molar-refractivity contribution in [3.05, 3.63) is 28.8 Å². The molecule has 1 heterocycles. The maximum atomic E-state index is 12.6. The second kappa shape index (κ2) is 5.29. The van der Waals surface area contributed by atoms with Crippen LogP contribution in [-0.4, -0.2) is 32.3 Å². The first-order chi connectivity index (χ1) is 9.51. The monoisotopic (exact) mass is 329 g/mol. The summed E-state index contributed by atoms with van der Waals surface area (Å²) in [6, 6.07) is 3.10. The number of hydrogen-bond donors (Lipinski definition) is 0. The lowest BCUT2D eigenvalue weighted by Gasteiger charge is -2.21. The number of likely N-dealkylation sites (tertiary alicyclic amines) is 1. The lowest BCUT2D eigenvalue weighted by molar-refractivity contribution is 0.0777. The Morgan fingerprint density at radius 1 is 1.24 bits per heavy atom. The summed E-state index contributed by atoms with van der Waals surface area (Å²) in [6.07, 6.45) is 0.949. The Labute approximate surface area is 130 Å². The fourth-order valence-corrected chi connectivity index (χ4v) is 3.98. The van der Waals surface area contributed by atoms with Crippen LogP contribution in [0.1, 0.15) is 41.8 Å². The highest BCUT2D eigenvalue weighted by atomic mass is 35.7. The Kier molecular flexibility index (Phi) is 4.10. The van der Waals surface area contributed by atoms with Crippen molar-refractivity contribution in [3.8, 4) is 0 Å². The van der Waals surface area contributed by atoms with Gasteiger partial charge < -0.3 is 4.90 Å². The summed E-state index contributed by atoms with van der Waals surface area (Å²) in [7, 11) is 1.59. The van der Waals surface area contributed by atoms with Crippen molar-refractivity contribution in [1.82, 2.24) is 4.90 Å². The molecule has 6 heteroatoms. The van der Waals surface area contributed by atoms with Crippen LogP contribution in [-0.2, 0) is 9.05 Å². The molecule has 4 nitrogen and oxygen atoms in total. The second-order valence-corrected chi connectivity index (χ2v) is 9.05. The molecule has 116 valence electrons. The van der Waals surface area contributed by atoms with Crippen LogP contribution in [0.5, 0.6) is 0 Å². The van der Waals surface area contributed by atoms with Crippen molar-refractivity contribution in [3.63, 3.8) is 0 Å². The normalized spacial score (nSPS) is 18.0. The first-order valence-electron chi connectivity index (χ1n) is 6.86. The highest BCUT2D eigenvalue weighted by Crippen LogP contribution is 2.31. The minimum Gasteiger partial charge on any atom is -0.338 e. The van der Waals surface area contributed by atoms with E-state index >= 15 is 0 Å². The van der Waals surface area contributed by atoms with Crippen molar-refractivity contribution in [2.24, 2.45) is 5.41 Å². The average Bonchev–Trinajstić information content (AvgIpc) is 2.67. The zero-order valence-corrected chi connectivity index (χ0v) is 14.3. The lowest BCUT2D eigenvalue weighted by Crippen LogP contribution is -2.31. The van der Waals surface area contributed by atoms with E-state index in [2.05, 4.69) is 13.8 Å². The summed E-state index contributed by atoms with van der Waals surface area (Å²) in [5.41, 5.74) is 1.85. The fourth-order valence-electron chi connectivity index (χ4n) is 2.78. The molecule has 1 amide bonds. The maximum Gasteiger partial charge on any atom is 0.261 e. The van der Waals surface area contributed by atoms with E-state index in [9.17, 15) is 13.2 Å². The molecule has 1 fully saturated rings. The molecule has 0 unspecified atom stereocenters. The van der Waals surface area contributed by atoms with E-state index in [4.69, 9.17) is 10.7 Å².